The van der Waals surface area contributed by atoms with Gasteiger partial charge in [-0.25, -0.2) is 4.98 Å². The van der Waals surface area contributed by atoms with Crippen LogP contribution in [0.2, 0.25) is 0 Å². The van der Waals surface area contributed by atoms with E-state index in [2.05, 4.69) is 22.7 Å². The lowest BCUT2D eigenvalue weighted by Crippen LogP contribution is -2.12. The fraction of sp³-hybridized carbons (Fsp3) is 0.700. The standard InChI is InChI=1S/C10H16N2/c1-9(10-4-2-3-5-10)12-7-6-11-8-12/h6-10H,2-5H2,1H3. The van der Waals surface area contributed by atoms with Crippen LogP contribution in [0.15, 0.2) is 18.7 Å². The summed E-state index contributed by atoms with van der Waals surface area (Å²) in [5.41, 5.74) is 0. The Kier molecular flexibility index (Phi) is 2.15. The van der Waals surface area contributed by atoms with Gasteiger partial charge in [0.05, 0.1) is 6.33 Å². The molecule has 1 aromatic heterocycles. The van der Waals surface area contributed by atoms with Crippen molar-refractivity contribution in [2.75, 3.05) is 0 Å². The van der Waals surface area contributed by atoms with Gasteiger partial charge in [0.1, 0.15) is 0 Å². The molecule has 12 heavy (non-hydrogen) atoms. The third kappa shape index (κ3) is 1.38. The maximum Gasteiger partial charge on any atom is 0.0948 e. The van der Waals surface area contributed by atoms with E-state index in [4.69, 9.17) is 0 Å². The van der Waals surface area contributed by atoms with Crippen molar-refractivity contribution in [3.05, 3.63) is 18.7 Å². The second-order valence-electron chi connectivity index (χ2n) is 3.80. The molecule has 1 unspecified atom stereocenters. The van der Waals surface area contributed by atoms with Gasteiger partial charge in [-0.05, 0) is 25.7 Å². The minimum absolute atomic E-state index is 0.648. The molecule has 0 spiro atoms. The zero-order valence-corrected chi connectivity index (χ0v) is 7.61. The number of rotatable bonds is 2. The number of hydrogen-bond donors (Lipinski definition) is 0. The zero-order valence-electron chi connectivity index (χ0n) is 7.61. The second-order valence-corrected chi connectivity index (χ2v) is 3.80. The van der Waals surface area contributed by atoms with E-state index >= 15 is 0 Å². The highest BCUT2D eigenvalue weighted by Crippen LogP contribution is 2.33. The van der Waals surface area contributed by atoms with Crippen LogP contribution >= 0.6 is 0 Å². The molecule has 1 aromatic rings. The molecule has 0 radical (unpaired) electrons. The maximum absolute atomic E-state index is 4.08. The van der Waals surface area contributed by atoms with Gasteiger partial charge in [0, 0.05) is 18.4 Å². The van der Waals surface area contributed by atoms with Crippen molar-refractivity contribution >= 4 is 0 Å². The normalized spacial score (nSPS) is 21.4. The number of imidazole rings is 1. The van der Waals surface area contributed by atoms with E-state index in [1.165, 1.54) is 25.7 Å². The van der Waals surface area contributed by atoms with Crippen molar-refractivity contribution in [1.82, 2.24) is 9.55 Å². The molecule has 2 heteroatoms. The van der Waals surface area contributed by atoms with Gasteiger partial charge in [-0.15, -0.1) is 0 Å². The molecule has 1 atom stereocenters. The molecule has 1 aliphatic carbocycles. The topological polar surface area (TPSA) is 17.8 Å². The van der Waals surface area contributed by atoms with E-state index in [9.17, 15) is 0 Å². The van der Waals surface area contributed by atoms with Gasteiger partial charge < -0.3 is 4.57 Å². The molecule has 1 saturated carbocycles. The molecule has 0 N–H and O–H groups in total. The van der Waals surface area contributed by atoms with Crippen molar-refractivity contribution in [3.63, 3.8) is 0 Å². The summed E-state index contributed by atoms with van der Waals surface area (Å²) in [7, 11) is 0. The Morgan fingerprint density at radius 3 is 2.75 bits per heavy atom. The quantitative estimate of drug-likeness (QED) is 0.657. The first-order chi connectivity index (χ1) is 5.88. The molecule has 0 amide bonds. The Bertz CT molecular complexity index is 222. The third-order valence-corrected chi connectivity index (χ3v) is 3.08. The number of nitrogens with zero attached hydrogens (tertiary/aromatic N) is 2. The van der Waals surface area contributed by atoms with Gasteiger partial charge >= 0.3 is 0 Å². The lowest BCUT2D eigenvalue weighted by atomic mass is 10.00. The van der Waals surface area contributed by atoms with Crippen LogP contribution in [-0.2, 0) is 0 Å². The molecular formula is C10H16N2. The Balaban J connectivity index is 2.04. The average molecular weight is 164 g/mol. The van der Waals surface area contributed by atoms with Crippen LogP contribution in [-0.4, -0.2) is 9.55 Å². The van der Waals surface area contributed by atoms with Crippen LogP contribution in [0, 0.1) is 5.92 Å². The van der Waals surface area contributed by atoms with Crippen LogP contribution in [0.4, 0.5) is 0 Å². The van der Waals surface area contributed by atoms with Crippen LogP contribution in [0.1, 0.15) is 38.6 Å². The largest absolute Gasteiger partial charge is 0.334 e. The number of hydrogen-bond acceptors (Lipinski definition) is 1. The summed E-state index contributed by atoms with van der Waals surface area (Å²) in [6.45, 7) is 2.30. The van der Waals surface area contributed by atoms with Gasteiger partial charge in [0.25, 0.3) is 0 Å². The van der Waals surface area contributed by atoms with Gasteiger partial charge in [0.15, 0.2) is 0 Å². The predicted octanol–water partition coefficient (Wildman–Crippen LogP) is 2.63. The summed E-state index contributed by atoms with van der Waals surface area (Å²) in [6.07, 6.45) is 11.5. The summed E-state index contributed by atoms with van der Waals surface area (Å²) in [5.74, 6) is 0.888. The highest BCUT2D eigenvalue weighted by Gasteiger charge is 2.21. The molecular weight excluding hydrogens is 148 g/mol. The third-order valence-electron chi connectivity index (χ3n) is 3.08. The molecule has 1 fully saturated rings. The molecule has 1 heterocycles. The van der Waals surface area contributed by atoms with Gasteiger partial charge in [-0.1, -0.05) is 12.8 Å². The van der Waals surface area contributed by atoms with Gasteiger partial charge in [-0.3, -0.25) is 0 Å². The Hall–Kier alpha value is -0.790. The lowest BCUT2D eigenvalue weighted by Gasteiger charge is -2.19. The van der Waals surface area contributed by atoms with Crippen molar-refractivity contribution < 1.29 is 0 Å². The van der Waals surface area contributed by atoms with Crippen LogP contribution in [0.25, 0.3) is 0 Å². The Morgan fingerprint density at radius 2 is 2.17 bits per heavy atom. The summed E-state index contributed by atoms with van der Waals surface area (Å²) >= 11 is 0. The van der Waals surface area contributed by atoms with Crippen LogP contribution < -0.4 is 0 Å². The molecule has 2 nitrogen and oxygen atoms in total. The average Bonchev–Trinajstić information content (AvgIpc) is 2.77. The van der Waals surface area contributed by atoms with Crippen molar-refractivity contribution in [1.29, 1.82) is 0 Å². The summed E-state index contributed by atoms with van der Waals surface area (Å²) in [6, 6.07) is 0.648. The Labute approximate surface area is 73.6 Å². The summed E-state index contributed by atoms with van der Waals surface area (Å²) in [4.78, 5) is 4.08. The summed E-state index contributed by atoms with van der Waals surface area (Å²) in [5, 5.41) is 0. The Morgan fingerprint density at radius 1 is 1.42 bits per heavy atom. The first kappa shape index (κ1) is 7.84. The summed E-state index contributed by atoms with van der Waals surface area (Å²) < 4.78 is 2.23. The van der Waals surface area contributed by atoms with Crippen molar-refractivity contribution in [2.45, 2.75) is 38.6 Å². The van der Waals surface area contributed by atoms with Gasteiger partial charge in [-0.2, -0.15) is 0 Å². The molecule has 1 aliphatic rings. The van der Waals surface area contributed by atoms with Crippen LogP contribution in [0.5, 0.6) is 0 Å². The predicted molar refractivity (Wildman–Crippen MR) is 48.9 cm³/mol. The smallest absolute Gasteiger partial charge is 0.0948 e. The first-order valence-corrected chi connectivity index (χ1v) is 4.85. The molecule has 0 aromatic carbocycles. The molecule has 66 valence electrons. The highest BCUT2D eigenvalue weighted by atomic mass is 15.0. The van der Waals surface area contributed by atoms with Crippen LogP contribution in [0.3, 0.4) is 0 Å². The molecule has 0 aliphatic heterocycles. The number of aromatic nitrogens is 2. The van der Waals surface area contributed by atoms with E-state index in [1.807, 2.05) is 12.5 Å². The maximum atomic E-state index is 4.08. The molecule has 0 saturated heterocycles. The zero-order chi connectivity index (χ0) is 8.39. The van der Waals surface area contributed by atoms with E-state index in [0.29, 0.717) is 6.04 Å². The second kappa shape index (κ2) is 3.30. The molecule has 0 bridgehead atoms. The minimum atomic E-state index is 0.648. The van der Waals surface area contributed by atoms with Gasteiger partial charge in [0.2, 0.25) is 0 Å². The lowest BCUT2D eigenvalue weighted by molar-refractivity contribution is 0.360. The van der Waals surface area contributed by atoms with E-state index < -0.39 is 0 Å². The fourth-order valence-corrected chi connectivity index (χ4v) is 2.19. The van der Waals surface area contributed by atoms with E-state index in [0.717, 1.165) is 5.92 Å². The monoisotopic (exact) mass is 164 g/mol. The molecule has 2 rings (SSSR count). The van der Waals surface area contributed by atoms with E-state index in [-0.39, 0.29) is 0 Å². The SMILES string of the molecule is CC(C1CCCC1)n1ccnc1. The highest BCUT2D eigenvalue weighted by molar-refractivity contribution is 4.83. The first-order valence-electron chi connectivity index (χ1n) is 4.85. The van der Waals surface area contributed by atoms with Crippen molar-refractivity contribution in [2.24, 2.45) is 5.92 Å². The van der Waals surface area contributed by atoms with E-state index in [1.54, 1.807) is 0 Å². The van der Waals surface area contributed by atoms with Crippen molar-refractivity contribution in [3.8, 4) is 0 Å². The minimum Gasteiger partial charge on any atom is -0.334 e. The fourth-order valence-electron chi connectivity index (χ4n) is 2.19.